The molecule has 0 atom stereocenters. The van der Waals surface area contributed by atoms with Crippen molar-refractivity contribution in [3.63, 3.8) is 0 Å². The van der Waals surface area contributed by atoms with Crippen molar-refractivity contribution >= 4 is 17.9 Å². The van der Waals surface area contributed by atoms with Crippen molar-refractivity contribution in [2.24, 2.45) is 5.41 Å². The zero-order valence-corrected chi connectivity index (χ0v) is 17.4. The second kappa shape index (κ2) is 8.19. The van der Waals surface area contributed by atoms with Crippen molar-refractivity contribution in [1.29, 1.82) is 0 Å². The van der Waals surface area contributed by atoms with E-state index in [9.17, 15) is 14.4 Å². The Bertz CT molecular complexity index is 531. The Balaban J connectivity index is 2.15. The van der Waals surface area contributed by atoms with Gasteiger partial charge in [-0.2, -0.15) is 0 Å². The summed E-state index contributed by atoms with van der Waals surface area (Å²) in [5.74, 6) is -2.26. The monoisotopic (exact) mass is 382 g/mol. The Labute approximate surface area is 162 Å². The molecule has 0 N–H and O–H groups in total. The standard InChI is InChI=1S/C21H34O6/c1-6-19(2,3)18(24)25-15(16(22)26-20(4)11-7-8-12-20)17(23)27-21(5)13-9-10-14-21/h15H,6-14H2,1-5H3. The van der Waals surface area contributed by atoms with Crippen LogP contribution >= 0.6 is 0 Å². The highest BCUT2D eigenvalue weighted by Gasteiger charge is 2.44. The Hall–Kier alpha value is -1.59. The normalized spacial score (nSPS) is 21.1. The van der Waals surface area contributed by atoms with Gasteiger partial charge in [0, 0.05) is 0 Å². The number of carbonyl (C=O) groups is 3. The molecule has 2 fully saturated rings. The fourth-order valence-corrected chi connectivity index (χ4v) is 3.65. The molecule has 0 amide bonds. The van der Waals surface area contributed by atoms with Gasteiger partial charge in [-0.15, -0.1) is 0 Å². The van der Waals surface area contributed by atoms with Crippen LogP contribution in [0.25, 0.3) is 0 Å². The maximum atomic E-state index is 12.8. The van der Waals surface area contributed by atoms with E-state index in [1.807, 2.05) is 20.8 Å². The molecule has 6 nitrogen and oxygen atoms in total. The molecule has 6 heteroatoms. The Kier molecular flexibility index (Phi) is 6.59. The minimum atomic E-state index is -1.67. The number of carbonyl (C=O) groups excluding carboxylic acids is 3. The Morgan fingerprint density at radius 3 is 1.56 bits per heavy atom. The summed E-state index contributed by atoms with van der Waals surface area (Å²) >= 11 is 0. The molecule has 0 aromatic heterocycles. The molecular weight excluding hydrogens is 348 g/mol. The first-order valence-corrected chi connectivity index (χ1v) is 10.2. The lowest BCUT2D eigenvalue weighted by atomic mass is 9.90. The first-order chi connectivity index (χ1) is 12.5. The summed E-state index contributed by atoms with van der Waals surface area (Å²) in [7, 11) is 0. The van der Waals surface area contributed by atoms with Crippen LogP contribution in [-0.4, -0.2) is 35.2 Å². The van der Waals surface area contributed by atoms with Crippen LogP contribution < -0.4 is 0 Å². The zero-order chi connectivity index (χ0) is 20.3. The zero-order valence-electron chi connectivity index (χ0n) is 17.4. The van der Waals surface area contributed by atoms with Crippen LogP contribution in [0.5, 0.6) is 0 Å². The average Bonchev–Trinajstić information content (AvgIpc) is 3.20. The molecule has 0 spiro atoms. The molecular formula is C21H34O6. The molecule has 0 aromatic carbocycles. The predicted molar refractivity (Wildman–Crippen MR) is 99.9 cm³/mol. The van der Waals surface area contributed by atoms with Crippen LogP contribution in [0.4, 0.5) is 0 Å². The molecule has 0 radical (unpaired) electrons. The number of esters is 3. The summed E-state index contributed by atoms with van der Waals surface area (Å²) in [5, 5.41) is 0. The van der Waals surface area contributed by atoms with E-state index >= 15 is 0 Å². The van der Waals surface area contributed by atoms with Crippen LogP contribution in [0, 0.1) is 5.41 Å². The van der Waals surface area contributed by atoms with Crippen LogP contribution in [0.2, 0.25) is 0 Å². The van der Waals surface area contributed by atoms with Gasteiger partial charge in [-0.3, -0.25) is 4.79 Å². The highest BCUT2D eigenvalue weighted by molar-refractivity contribution is 6.00. The Morgan fingerprint density at radius 2 is 1.22 bits per heavy atom. The van der Waals surface area contributed by atoms with Gasteiger partial charge in [-0.25, -0.2) is 9.59 Å². The summed E-state index contributed by atoms with van der Waals surface area (Å²) in [6, 6.07) is 0. The smallest absolute Gasteiger partial charge is 0.359 e. The van der Waals surface area contributed by atoms with Crippen molar-refractivity contribution in [3.8, 4) is 0 Å². The lowest BCUT2D eigenvalue weighted by Gasteiger charge is -2.30. The van der Waals surface area contributed by atoms with E-state index < -0.39 is 40.6 Å². The summed E-state index contributed by atoms with van der Waals surface area (Å²) in [4.78, 5) is 38.1. The molecule has 154 valence electrons. The van der Waals surface area contributed by atoms with Crippen LogP contribution in [0.3, 0.4) is 0 Å². The number of hydrogen-bond donors (Lipinski definition) is 0. The molecule has 0 heterocycles. The second-order valence-corrected chi connectivity index (χ2v) is 9.18. The summed E-state index contributed by atoms with van der Waals surface area (Å²) in [6.45, 7) is 9.01. The minimum absolute atomic E-state index is 0.526. The number of hydrogen-bond acceptors (Lipinski definition) is 6. The quantitative estimate of drug-likeness (QED) is 0.375. The molecule has 2 aliphatic rings. The molecule has 0 bridgehead atoms. The first-order valence-electron chi connectivity index (χ1n) is 10.2. The van der Waals surface area contributed by atoms with Gasteiger partial charge in [0.15, 0.2) is 0 Å². The third-order valence-electron chi connectivity index (χ3n) is 6.11. The Morgan fingerprint density at radius 1 is 0.852 bits per heavy atom. The maximum Gasteiger partial charge on any atom is 0.359 e. The average molecular weight is 382 g/mol. The van der Waals surface area contributed by atoms with E-state index in [4.69, 9.17) is 14.2 Å². The fourth-order valence-electron chi connectivity index (χ4n) is 3.65. The van der Waals surface area contributed by atoms with Gasteiger partial charge >= 0.3 is 17.9 Å². The largest absolute Gasteiger partial charge is 0.456 e. The van der Waals surface area contributed by atoms with Gasteiger partial charge in [0.25, 0.3) is 6.10 Å². The van der Waals surface area contributed by atoms with E-state index in [1.165, 1.54) is 0 Å². The van der Waals surface area contributed by atoms with Crippen molar-refractivity contribution < 1.29 is 28.6 Å². The summed E-state index contributed by atoms with van der Waals surface area (Å²) in [6.07, 6.45) is 5.72. The van der Waals surface area contributed by atoms with Crippen molar-refractivity contribution in [1.82, 2.24) is 0 Å². The first kappa shape index (κ1) is 21.7. The van der Waals surface area contributed by atoms with Crippen LogP contribution in [-0.2, 0) is 28.6 Å². The van der Waals surface area contributed by atoms with E-state index in [-0.39, 0.29) is 0 Å². The minimum Gasteiger partial charge on any atom is -0.456 e. The number of rotatable bonds is 7. The third-order valence-corrected chi connectivity index (χ3v) is 6.11. The fraction of sp³-hybridized carbons (Fsp3) is 0.857. The summed E-state index contributed by atoms with van der Waals surface area (Å²) in [5.41, 5.74) is -2.02. The molecule has 2 rings (SSSR count). The van der Waals surface area contributed by atoms with Gasteiger partial charge < -0.3 is 14.2 Å². The maximum absolute atomic E-state index is 12.8. The topological polar surface area (TPSA) is 78.9 Å². The van der Waals surface area contributed by atoms with Gasteiger partial charge in [-0.1, -0.05) is 6.92 Å². The number of ether oxygens (including phenoxy) is 3. The van der Waals surface area contributed by atoms with Gasteiger partial charge in [0.1, 0.15) is 11.2 Å². The highest BCUT2D eigenvalue weighted by Crippen LogP contribution is 2.35. The van der Waals surface area contributed by atoms with Crippen molar-refractivity contribution in [2.45, 2.75) is 110 Å². The predicted octanol–water partition coefficient (Wildman–Crippen LogP) is 4.09. The molecule has 0 saturated heterocycles. The molecule has 0 aromatic rings. The van der Waals surface area contributed by atoms with Crippen LogP contribution in [0.15, 0.2) is 0 Å². The lowest BCUT2D eigenvalue weighted by Crippen LogP contribution is -2.46. The second-order valence-electron chi connectivity index (χ2n) is 9.18. The van der Waals surface area contributed by atoms with Gasteiger partial charge in [0.2, 0.25) is 0 Å². The molecule has 0 unspecified atom stereocenters. The third kappa shape index (κ3) is 5.45. The molecule has 2 aliphatic carbocycles. The van der Waals surface area contributed by atoms with Crippen LogP contribution in [0.1, 0.15) is 92.4 Å². The molecule has 27 heavy (non-hydrogen) atoms. The van der Waals surface area contributed by atoms with E-state index in [2.05, 4.69) is 0 Å². The van der Waals surface area contributed by atoms with Gasteiger partial charge in [-0.05, 0) is 85.5 Å². The van der Waals surface area contributed by atoms with E-state index in [0.717, 1.165) is 51.4 Å². The van der Waals surface area contributed by atoms with Gasteiger partial charge in [0.05, 0.1) is 5.41 Å². The van der Waals surface area contributed by atoms with Crippen molar-refractivity contribution in [3.05, 3.63) is 0 Å². The summed E-state index contributed by atoms with van der Waals surface area (Å²) < 4.78 is 16.6. The van der Waals surface area contributed by atoms with Crippen molar-refractivity contribution in [2.75, 3.05) is 0 Å². The highest BCUT2D eigenvalue weighted by atomic mass is 16.6. The van der Waals surface area contributed by atoms with E-state index in [1.54, 1.807) is 13.8 Å². The molecule has 0 aliphatic heterocycles. The lowest BCUT2D eigenvalue weighted by molar-refractivity contribution is -0.195. The molecule has 2 saturated carbocycles. The van der Waals surface area contributed by atoms with E-state index in [0.29, 0.717) is 6.42 Å². The SMILES string of the molecule is CCC(C)(C)C(=O)OC(C(=O)OC1(C)CCCC1)C(=O)OC1(C)CCCC1.